The van der Waals surface area contributed by atoms with Gasteiger partial charge in [-0.1, -0.05) is 58.4 Å². The van der Waals surface area contributed by atoms with Crippen molar-refractivity contribution in [2.45, 2.75) is 19.5 Å². The van der Waals surface area contributed by atoms with Crippen molar-refractivity contribution in [1.29, 1.82) is 0 Å². The second kappa shape index (κ2) is 10.7. The molecule has 0 aromatic heterocycles. The number of hydrogen-bond acceptors (Lipinski definition) is 4. The monoisotopic (exact) mass is 516 g/mol. The van der Waals surface area contributed by atoms with Crippen LogP contribution in [0.5, 0.6) is 5.75 Å². The first kappa shape index (κ1) is 23.8. The zero-order chi connectivity index (χ0) is 23.1. The summed E-state index contributed by atoms with van der Waals surface area (Å²) in [6.07, 6.45) is 1.18. The third kappa shape index (κ3) is 6.83. The van der Waals surface area contributed by atoms with Crippen LogP contribution in [0, 0.1) is 0 Å². The molecule has 0 saturated heterocycles. The van der Waals surface area contributed by atoms with Crippen molar-refractivity contribution in [2.24, 2.45) is 0 Å². The summed E-state index contributed by atoms with van der Waals surface area (Å²) in [5.74, 6) is 0.236. The molecule has 0 aliphatic heterocycles. The molecule has 0 spiro atoms. The number of benzene rings is 3. The highest BCUT2D eigenvalue weighted by atomic mass is 79.9. The molecule has 0 aliphatic rings. The smallest absolute Gasteiger partial charge is 0.258 e. The van der Waals surface area contributed by atoms with E-state index in [0.717, 1.165) is 15.6 Å². The van der Waals surface area contributed by atoms with Gasteiger partial charge in [0, 0.05) is 4.47 Å². The molecule has 0 heterocycles. The Morgan fingerprint density at radius 3 is 2.22 bits per heavy atom. The van der Waals surface area contributed by atoms with Gasteiger partial charge in [-0.05, 0) is 54.4 Å². The van der Waals surface area contributed by atoms with Crippen molar-refractivity contribution in [3.8, 4) is 5.75 Å². The fraction of sp³-hybridized carbons (Fsp3) is 0.208. The molecule has 32 heavy (non-hydrogen) atoms. The molecule has 1 atom stereocenters. The summed E-state index contributed by atoms with van der Waals surface area (Å²) in [7, 11) is -3.47. The van der Waals surface area contributed by atoms with E-state index < -0.39 is 10.0 Å². The summed E-state index contributed by atoms with van der Waals surface area (Å²) in [6.45, 7) is 2.00. The zero-order valence-electron chi connectivity index (χ0n) is 17.9. The second-order valence-corrected chi connectivity index (χ2v) is 10.2. The van der Waals surface area contributed by atoms with Crippen molar-refractivity contribution in [3.63, 3.8) is 0 Å². The largest absolute Gasteiger partial charge is 0.484 e. The van der Waals surface area contributed by atoms with Gasteiger partial charge in [-0.3, -0.25) is 9.10 Å². The number of sulfonamides is 1. The SMILES string of the molecule is CC(NC(=O)COc1ccc(N(Cc2ccccc2)S(C)(=O)=O)cc1)c1ccc(Br)cc1. The van der Waals surface area contributed by atoms with Crippen LogP contribution in [0.2, 0.25) is 0 Å². The average Bonchev–Trinajstić information content (AvgIpc) is 2.77. The van der Waals surface area contributed by atoms with Gasteiger partial charge in [-0.2, -0.15) is 0 Å². The van der Waals surface area contributed by atoms with Gasteiger partial charge >= 0.3 is 0 Å². The second-order valence-electron chi connectivity index (χ2n) is 7.38. The maximum absolute atomic E-state index is 12.3. The van der Waals surface area contributed by atoms with E-state index in [1.807, 2.05) is 61.5 Å². The number of rotatable bonds is 9. The van der Waals surface area contributed by atoms with Gasteiger partial charge in [0.25, 0.3) is 5.91 Å². The minimum atomic E-state index is -3.47. The van der Waals surface area contributed by atoms with Crippen LogP contribution in [0.4, 0.5) is 5.69 Å². The van der Waals surface area contributed by atoms with Crippen LogP contribution in [-0.2, 0) is 21.4 Å². The fourth-order valence-corrected chi connectivity index (χ4v) is 4.28. The Hall–Kier alpha value is -2.84. The number of nitrogens with zero attached hydrogens (tertiary/aromatic N) is 1. The van der Waals surface area contributed by atoms with Crippen molar-refractivity contribution >= 4 is 37.5 Å². The highest BCUT2D eigenvalue weighted by Gasteiger charge is 2.18. The van der Waals surface area contributed by atoms with Gasteiger partial charge in [0.05, 0.1) is 24.5 Å². The summed E-state index contributed by atoms with van der Waals surface area (Å²) in [4.78, 5) is 12.2. The van der Waals surface area contributed by atoms with E-state index in [1.165, 1.54) is 10.6 Å². The summed E-state index contributed by atoms with van der Waals surface area (Å²) in [5.41, 5.74) is 2.40. The molecule has 8 heteroatoms. The van der Waals surface area contributed by atoms with Gasteiger partial charge in [0.15, 0.2) is 6.61 Å². The molecular weight excluding hydrogens is 492 g/mol. The summed E-state index contributed by atoms with van der Waals surface area (Å²) < 4.78 is 32.5. The number of ether oxygens (including phenoxy) is 1. The number of anilines is 1. The molecule has 3 aromatic carbocycles. The molecule has 1 N–H and O–H groups in total. The normalized spacial score (nSPS) is 12.1. The fourth-order valence-electron chi connectivity index (χ4n) is 3.12. The lowest BCUT2D eigenvalue weighted by atomic mass is 10.1. The molecule has 168 valence electrons. The number of halogens is 1. The van der Waals surface area contributed by atoms with Crippen LogP contribution in [0.1, 0.15) is 24.1 Å². The Morgan fingerprint density at radius 1 is 1.00 bits per heavy atom. The Kier molecular flexibility index (Phi) is 7.93. The van der Waals surface area contributed by atoms with Crippen LogP contribution in [-0.4, -0.2) is 27.2 Å². The quantitative estimate of drug-likeness (QED) is 0.448. The van der Waals surface area contributed by atoms with Gasteiger partial charge < -0.3 is 10.1 Å². The standard InChI is InChI=1S/C24H25BrN2O4S/c1-18(20-8-10-21(25)11-9-20)26-24(28)17-31-23-14-12-22(13-15-23)27(32(2,29)30)16-19-6-4-3-5-7-19/h3-15,18H,16-17H2,1-2H3,(H,26,28). The Bertz CT molecular complexity index is 1130. The van der Waals surface area contributed by atoms with E-state index >= 15 is 0 Å². The zero-order valence-corrected chi connectivity index (χ0v) is 20.3. The predicted molar refractivity (Wildman–Crippen MR) is 130 cm³/mol. The van der Waals surface area contributed by atoms with Crippen LogP contribution in [0.25, 0.3) is 0 Å². The van der Waals surface area contributed by atoms with Crippen molar-refractivity contribution in [3.05, 3.63) is 94.5 Å². The summed E-state index contributed by atoms with van der Waals surface area (Å²) in [5, 5.41) is 2.90. The Balaban J connectivity index is 1.59. The molecule has 3 aromatic rings. The lowest BCUT2D eigenvalue weighted by Gasteiger charge is -2.23. The molecule has 0 aliphatic carbocycles. The topological polar surface area (TPSA) is 75.7 Å². The van der Waals surface area contributed by atoms with Gasteiger partial charge in [0.2, 0.25) is 10.0 Å². The molecule has 3 rings (SSSR count). The molecule has 6 nitrogen and oxygen atoms in total. The highest BCUT2D eigenvalue weighted by molar-refractivity contribution is 9.10. The van der Waals surface area contributed by atoms with E-state index in [2.05, 4.69) is 21.2 Å². The molecule has 0 fully saturated rings. The number of carbonyl (C=O) groups is 1. The minimum absolute atomic E-state index is 0.139. The lowest BCUT2D eigenvalue weighted by molar-refractivity contribution is -0.123. The van der Waals surface area contributed by atoms with Gasteiger partial charge in [0.1, 0.15) is 5.75 Å². The first-order valence-corrected chi connectivity index (χ1v) is 12.7. The van der Waals surface area contributed by atoms with Crippen molar-refractivity contribution in [2.75, 3.05) is 17.2 Å². The Labute approximate surface area is 197 Å². The maximum Gasteiger partial charge on any atom is 0.258 e. The molecule has 1 amide bonds. The van der Waals surface area contributed by atoms with Gasteiger partial charge in [-0.15, -0.1) is 0 Å². The van der Waals surface area contributed by atoms with E-state index in [9.17, 15) is 13.2 Å². The van der Waals surface area contributed by atoms with Crippen LogP contribution in [0.15, 0.2) is 83.3 Å². The maximum atomic E-state index is 12.3. The molecular formula is C24H25BrN2O4S. The number of amides is 1. The average molecular weight is 517 g/mol. The molecule has 1 unspecified atom stereocenters. The molecule has 0 bridgehead atoms. The van der Waals surface area contributed by atoms with E-state index in [1.54, 1.807) is 24.3 Å². The number of hydrogen-bond donors (Lipinski definition) is 1. The van der Waals surface area contributed by atoms with Crippen LogP contribution >= 0.6 is 15.9 Å². The molecule has 0 saturated carbocycles. The van der Waals surface area contributed by atoms with Gasteiger partial charge in [-0.25, -0.2) is 8.42 Å². The predicted octanol–water partition coefficient (Wildman–Crippen LogP) is 4.67. The molecule has 0 radical (unpaired) electrons. The highest BCUT2D eigenvalue weighted by Crippen LogP contribution is 2.24. The first-order valence-electron chi connectivity index (χ1n) is 10.0. The van der Waals surface area contributed by atoms with Crippen molar-refractivity contribution < 1.29 is 17.9 Å². The Morgan fingerprint density at radius 2 is 1.62 bits per heavy atom. The van der Waals surface area contributed by atoms with E-state index in [-0.39, 0.29) is 25.1 Å². The van der Waals surface area contributed by atoms with E-state index in [0.29, 0.717) is 11.4 Å². The van der Waals surface area contributed by atoms with Crippen LogP contribution in [0.3, 0.4) is 0 Å². The third-order valence-corrected chi connectivity index (χ3v) is 6.48. The summed E-state index contributed by atoms with van der Waals surface area (Å²) >= 11 is 3.39. The van der Waals surface area contributed by atoms with E-state index in [4.69, 9.17) is 4.74 Å². The van der Waals surface area contributed by atoms with Crippen LogP contribution < -0.4 is 14.4 Å². The minimum Gasteiger partial charge on any atom is -0.484 e. The first-order chi connectivity index (χ1) is 15.2. The number of nitrogens with one attached hydrogen (secondary N) is 1. The summed E-state index contributed by atoms with van der Waals surface area (Å²) in [6, 6.07) is 23.6. The third-order valence-electron chi connectivity index (χ3n) is 4.81. The lowest BCUT2D eigenvalue weighted by Crippen LogP contribution is -2.31. The van der Waals surface area contributed by atoms with Crippen molar-refractivity contribution in [1.82, 2.24) is 5.32 Å². The number of carbonyl (C=O) groups excluding carboxylic acids is 1.